The van der Waals surface area contributed by atoms with E-state index in [0.29, 0.717) is 16.1 Å². The van der Waals surface area contributed by atoms with Crippen LogP contribution in [0.1, 0.15) is 12.5 Å². The van der Waals surface area contributed by atoms with Crippen molar-refractivity contribution in [2.45, 2.75) is 6.92 Å². The molecule has 6 nitrogen and oxygen atoms in total. The molecule has 0 bridgehead atoms. The average Bonchev–Trinajstić information content (AvgIpc) is 2.94. The number of nitrogens with one attached hydrogen (secondary N) is 1. The Bertz CT molecular complexity index is 1060. The van der Waals surface area contributed by atoms with Crippen molar-refractivity contribution in [2.24, 2.45) is 4.99 Å². The Balaban J connectivity index is 1.86. The topological polar surface area (TPSA) is 86.7 Å². The minimum Gasteiger partial charge on any atom is -0.463 e. The fourth-order valence-electron chi connectivity index (χ4n) is 2.59. The van der Waals surface area contributed by atoms with Crippen molar-refractivity contribution in [3.8, 4) is 0 Å². The van der Waals surface area contributed by atoms with E-state index in [-0.39, 0.29) is 22.4 Å². The Morgan fingerprint density at radius 2 is 2.08 bits per heavy atom. The summed E-state index contributed by atoms with van der Waals surface area (Å²) in [5.74, 6) is -0.522. The smallest absolute Gasteiger partial charge is 0.283 e. The molecule has 4 rings (SSSR count). The van der Waals surface area contributed by atoms with Crippen LogP contribution in [0.2, 0.25) is 0 Å². The second-order valence-corrected chi connectivity index (χ2v) is 6.17. The summed E-state index contributed by atoms with van der Waals surface area (Å²) < 4.78 is 5.45. The van der Waals surface area contributed by atoms with Crippen LogP contribution in [-0.4, -0.2) is 21.8 Å². The molecule has 0 atom stereocenters. The Kier molecular flexibility index (Phi) is 3.24. The second kappa shape index (κ2) is 5.31. The average molecular weight is 337 g/mol. The molecule has 1 N–H and O–H groups in total. The van der Waals surface area contributed by atoms with Gasteiger partial charge in [-0.3, -0.25) is 19.9 Å². The predicted octanol–water partition coefficient (Wildman–Crippen LogP) is 2.96. The van der Waals surface area contributed by atoms with E-state index in [4.69, 9.17) is 9.83 Å². The first-order valence-corrected chi connectivity index (χ1v) is 8.02. The molecule has 7 heteroatoms. The summed E-state index contributed by atoms with van der Waals surface area (Å²) in [6.07, 6.45) is 2.68. The number of hydrogen-bond donors (Lipinski definition) is 1. The highest BCUT2D eigenvalue weighted by atomic mass is 32.2. The maximum Gasteiger partial charge on any atom is 0.283 e. The molecule has 24 heavy (non-hydrogen) atoms. The van der Waals surface area contributed by atoms with Crippen molar-refractivity contribution in [1.82, 2.24) is 4.90 Å². The van der Waals surface area contributed by atoms with E-state index in [1.807, 2.05) is 12.3 Å². The van der Waals surface area contributed by atoms with Crippen molar-refractivity contribution in [2.75, 3.05) is 0 Å². The summed E-state index contributed by atoms with van der Waals surface area (Å²) in [7, 11) is 0. The van der Waals surface area contributed by atoms with Gasteiger partial charge in [0.25, 0.3) is 5.91 Å². The molecule has 0 unspecified atom stereocenters. The summed E-state index contributed by atoms with van der Waals surface area (Å²) in [4.78, 5) is 30.4. The van der Waals surface area contributed by atoms with Crippen LogP contribution in [-0.2, 0) is 4.79 Å². The number of carbonyl (C=O) groups is 1. The van der Waals surface area contributed by atoms with Crippen LogP contribution in [0.5, 0.6) is 0 Å². The molecule has 1 aromatic carbocycles. The van der Waals surface area contributed by atoms with E-state index < -0.39 is 5.91 Å². The Morgan fingerprint density at radius 3 is 2.92 bits per heavy atom. The number of carbonyl (C=O) groups excluding carboxylic acids is 1. The summed E-state index contributed by atoms with van der Waals surface area (Å²) in [5.41, 5.74) is 1.32. The highest BCUT2D eigenvalue weighted by Gasteiger charge is 2.34. The Labute approximate surface area is 140 Å². The molecule has 0 saturated carbocycles. The first-order valence-electron chi connectivity index (χ1n) is 7.14. The number of aliphatic imine (C=N–C) groups is 1. The SMILES string of the molecule is CC1=CSC2=NC(=O)/C(=C\c3coc4ccccc4c3=O)C(=N)N12. The number of thioether (sulfide) groups is 1. The van der Waals surface area contributed by atoms with Crippen LogP contribution < -0.4 is 5.43 Å². The third-order valence-electron chi connectivity index (χ3n) is 3.79. The predicted molar refractivity (Wildman–Crippen MR) is 93.8 cm³/mol. The van der Waals surface area contributed by atoms with Crippen LogP contribution in [0.15, 0.2) is 61.4 Å². The van der Waals surface area contributed by atoms with Gasteiger partial charge in [0.1, 0.15) is 17.7 Å². The molecule has 1 amide bonds. The molecular weight excluding hydrogens is 326 g/mol. The minimum atomic E-state index is -0.533. The van der Waals surface area contributed by atoms with Crippen molar-refractivity contribution >= 4 is 45.7 Å². The maximum absolute atomic E-state index is 12.6. The fraction of sp³-hybridized carbons (Fsp3) is 0.0588. The lowest BCUT2D eigenvalue weighted by Gasteiger charge is -2.25. The normalized spacial score (nSPS) is 18.9. The van der Waals surface area contributed by atoms with E-state index in [0.717, 1.165) is 5.70 Å². The zero-order chi connectivity index (χ0) is 16.8. The van der Waals surface area contributed by atoms with E-state index >= 15 is 0 Å². The summed E-state index contributed by atoms with van der Waals surface area (Å²) >= 11 is 1.30. The molecule has 0 fully saturated rings. The van der Waals surface area contributed by atoms with Gasteiger partial charge in [-0.2, -0.15) is 4.99 Å². The summed E-state index contributed by atoms with van der Waals surface area (Å²) in [6.45, 7) is 1.84. The standard InChI is InChI=1S/C17H11N3O3S/c1-9-8-24-17-19-16(22)12(15(18)20(9)17)6-10-7-23-13-5-3-2-4-11(13)14(10)21/h2-8,18H,1H3/b12-6-,18-15?. The number of fused-ring (bicyclic) bond motifs is 2. The fourth-order valence-corrected chi connectivity index (χ4v) is 3.45. The number of rotatable bonds is 1. The van der Waals surface area contributed by atoms with Gasteiger partial charge in [0.2, 0.25) is 0 Å². The third kappa shape index (κ3) is 2.13. The number of amides is 1. The zero-order valence-corrected chi connectivity index (χ0v) is 13.4. The highest BCUT2D eigenvalue weighted by molar-refractivity contribution is 8.16. The van der Waals surface area contributed by atoms with Crippen LogP contribution in [0.3, 0.4) is 0 Å². The van der Waals surface area contributed by atoms with Crippen molar-refractivity contribution in [1.29, 1.82) is 5.41 Å². The van der Waals surface area contributed by atoms with Gasteiger partial charge in [0.05, 0.1) is 16.5 Å². The molecule has 2 aliphatic rings. The second-order valence-electron chi connectivity index (χ2n) is 5.33. The molecule has 0 spiro atoms. The van der Waals surface area contributed by atoms with Gasteiger partial charge in [-0.05, 0) is 30.5 Å². The molecule has 2 aromatic rings. The highest BCUT2D eigenvalue weighted by Crippen LogP contribution is 2.31. The van der Waals surface area contributed by atoms with Crippen LogP contribution in [0, 0.1) is 5.41 Å². The van der Waals surface area contributed by atoms with E-state index in [2.05, 4.69) is 4.99 Å². The summed E-state index contributed by atoms with van der Waals surface area (Å²) in [5, 5.41) is 11.0. The third-order valence-corrected chi connectivity index (χ3v) is 4.74. The molecule has 2 aliphatic heterocycles. The van der Waals surface area contributed by atoms with Gasteiger partial charge in [-0.25, -0.2) is 0 Å². The molecule has 0 radical (unpaired) electrons. The lowest BCUT2D eigenvalue weighted by atomic mass is 10.1. The van der Waals surface area contributed by atoms with Gasteiger partial charge < -0.3 is 4.42 Å². The van der Waals surface area contributed by atoms with Crippen molar-refractivity contribution < 1.29 is 9.21 Å². The molecule has 1 aromatic heterocycles. The number of para-hydroxylation sites is 1. The lowest BCUT2D eigenvalue weighted by Crippen LogP contribution is -2.38. The number of amidine groups is 2. The summed E-state index contributed by atoms with van der Waals surface area (Å²) in [6, 6.07) is 6.89. The van der Waals surface area contributed by atoms with Gasteiger partial charge in [-0.15, -0.1) is 0 Å². The number of allylic oxidation sites excluding steroid dienone is 1. The first-order chi connectivity index (χ1) is 11.6. The molecule has 0 saturated heterocycles. The largest absolute Gasteiger partial charge is 0.463 e. The van der Waals surface area contributed by atoms with Crippen LogP contribution >= 0.6 is 11.8 Å². The molecule has 0 aliphatic carbocycles. The van der Waals surface area contributed by atoms with Gasteiger partial charge in [0, 0.05) is 5.70 Å². The molecular formula is C17H11N3O3S. The quantitative estimate of drug-likeness (QED) is 0.809. The number of benzene rings is 1. The number of nitrogens with zero attached hydrogens (tertiary/aromatic N) is 2. The van der Waals surface area contributed by atoms with Crippen molar-refractivity contribution in [3.63, 3.8) is 0 Å². The Hall–Kier alpha value is -2.93. The maximum atomic E-state index is 12.6. The number of hydrogen-bond acceptors (Lipinski definition) is 5. The first kappa shape index (κ1) is 14.6. The van der Waals surface area contributed by atoms with E-state index in [1.54, 1.807) is 29.2 Å². The molecule has 118 valence electrons. The monoisotopic (exact) mass is 337 g/mol. The molecule has 3 heterocycles. The van der Waals surface area contributed by atoms with Gasteiger partial charge in [-0.1, -0.05) is 23.9 Å². The van der Waals surface area contributed by atoms with E-state index in [9.17, 15) is 9.59 Å². The Morgan fingerprint density at radius 1 is 1.29 bits per heavy atom. The van der Waals surface area contributed by atoms with Crippen LogP contribution in [0.4, 0.5) is 0 Å². The van der Waals surface area contributed by atoms with Gasteiger partial charge >= 0.3 is 0 Å². The minimum absolute atomic E-state index is 0.0105. The van der Waals surface area contributed by atoms with Crippen molar-refractivity contribution in [3.05, 3.63) is 63.0 Å². The lowest BCUT2D eigenvalue weighted by molar-refractivity contribution is -0.114. The van der Waals surface area contributed by atoms with E-state index in [1.165, 1.54) is 24.1 Å². The van der Waals surface area contributed by atoms with Gasteiger partial charge in [0.15, 0.2) is 10.6 Å². The zero-order valence-electron chi connectivity index (χ0n) is 12.6. The van der Waals surface area contributed by atoms with Crippen LogP contribution in [0.25, 0.3) is 17.0 Å².